The molecule has 0 atom stereocenters. The van der Waals surface area contributed by atoms with Crippen molar-refractivity contribution in [2.24, 2.45) is 0 Å². The lowest BCUT2D eigenvalue weighted by Crippen LogP contribution is -1.91. The molecule has 0 bridgehead atoms. The van der Waals surface area contributed by atoms with Gasteiger partial charge in [-0.3, -0.25) is 0 Å². The molecular weight excluding hydrogens is 560 g/mol. The molecule has 10 rings (SSSR count). The third-order valence-electron chi connectivity index (χ3n) is 9.50. The average Bonchev–Trinajstić information content (AvgIpc) is 3.75. The van der Waals surface area contributed by atoms with Gasteiger partial charge in [-0.15, -0.1) is 0 Å². The number of fused-ring (bicyclic) bond motifs is 7. The van der Waals surface area contributed by atoms with E-state index in [1.807, 2.05) is 12.3 Å². The quantitative estimate of drug-likeness (QED) is 0.193. The molecule has 2 heteroatoms. The number of benzene rings is 8. The minimum absolute atomic E-state index is 0.871. The van der Waals surface area contributed by atoms with Gasteiger partial charge in [-0.2, -0.15) is 0 Å². The smallest absolute Gasteiger partial charge is 0.143 e. The summed E-state index contributed by atoms with van der Waals surface area (Å²) in [5.74, 6) is 0.871. The first kappa shape index (κ1) is 25.2. The third-order valence-corrected chi connectivity index (χ3v) is 9.50. The van der Waals surface area contributed by atoms with Gasteiger partial charge in [0.15, 0.2) is 0 Å². The van der Waals surface area contributed by atoms with Crippen molar-refractivity contribution in [1.29, 1.82) is 0 Å². The second-order valence-corrected chi connectivity index (χ2v) is 12.1. The van der Waals surface area contributed by atoms with Crippen LogP contribution in [0.3, 0.4) is 0 Å². The lowest BCUT2D eigenvalue weighted by atomic mass is 9.84. The Morgan fingerprint density at radius 3 is 1.59 bits per heavy atom. The van der Waals surface area contributed by atoms with Crippen LogP contribution in [0.1, 0.15) is 0 Å². The minimum Gasteiger partial charge on any atom is -0.464 e. The molecule has 0 aliphatic carbocycles. The Hall–Kier alpha value is -6.12. The summed E-state index contributed by atoms with van der Waals surface area (Å²) >= 11 is 0. The van der Waals surface area contributed by atoms with Crippen LogP contribution in [0.4, 0.5) is 0 Å². The summed E-state index contributed by atoms with van der Waals surface area (Å²) in [7, 11) is 0. The maximum atomic E-state index is 6.71. The fourth-order valence-electron chi connectivity index (χ4n) is 7.42. The second kappa shape index (κ2) is 9.69. The van der Waals surface area contributed by atoms with E-state index in [4.69, 9.17) is 8.83 Å². The van der Waals surface area contributed by atoms with Crippen molar-refractivity contribution in [2.75, 3.05) is 0 Å². The van der Waals surface area contributed by atoms with Crippen molar-refractivity contribution in [1.82, 2.24) is 0 Å². The second-order valence-electron chi connectivity index (χ2n) is 12.1. The van der Waals surface area contributed by atoms with Gasteiger partial charge < -0.3 is 8.83 Å². The van der Waals surface area contributed by atoms with Crippen LogP contribution < -0.4 is 0 Å². The van der Waals surface area contributed by atoms with Gasteiger partial charge in [0.25, 0.3) is 0 Å². The van der Waals surface area contributed by atoms with Crippen molar-refractivity contribution < 1.29 is 8.83 Å². The molecule has 0 aliphatic heterocycles. The summed E-state index contributed by atoms with van der Waals surface area (Å²) in [5.41, 5.74) is 7.56. The van der Waals surface area contributed by atoms with E-state index >= 15 is 0 Å². The minimum atomic E-state index is 0.871. The van der Waals surface area contributed by atoms with E-state index in [9.17, 15) is 0 Å². The van der Waals surface area contributed by atoms with Gasteiger partial charge >= 0.3 is 0 Å². The van der Waals surface area contributed by atoms with Gasteiger partial charge in [0.05, 0.1) is 6.26 Å². The molecule has 0 saturated heterocycles. The Labute approximate surface area is 264 Å². The predicted molar refractivity (Wildman–Crippen MR) is 192 cm³/mol. The van der Waals surface area contributed by atoms with Gasteiger partial charge in [0.2, 0.25) is 0 Å². The number of hydrogen-bond donors (Lipinski definition) is 0. The van der Waals surface area contributed by atoms with Crippen LogP contribution >= 0.6 is 0 Å². The SMILES string of the molecule is c1ccc(-c2cc3c(-c4c5ccccc5c(-c5coc6cc7ccccc7cc56)c5ccccc45)cc4ccccc4c3o2)cc1. The molecule has 0 fully saturated rings. The third kappa shape index (κ3) is 3.65. The summed E-state index contributed by atoms with van der Waals surface area (Å²) in [4.78, 5) is 0. The van der Waals surface area contributed by atoms with Crippen molar-refractivity contribution in [3.05, 3.63) is 158 Å². The van der Waals surface area contributed by atoms with Crippen LogP contribution in [0.15, 0.2) is 167 Å². The normalized spacial score (nSPS) is 11.9. The summed E-state index contributed by atoms with van der Waals surface area (Å²) in [6.45, 7) is 0. The molecule has 0 unspecified atom stereocenters. The molecule has 0 saturated carbocycles. The molecule has 2 aromatic heterocycles. The highest BCUT2D eigenvalue weighted by Crippen LogP contribution is 2.49. The average molecular weight is 587 g/mol. The van der Waals surface area contributed by atoms with Crippen LogP contribution in [-0.2, 0) is 0 Å². The Bertz CT molecular complexity index is 2740. The van der Waals surface area contributed by atoms with Crippen LogP contribution in [0, 0.1) is 0 Å². The first-order valence-corrected chi connectivity index (χ1v) is 15.7. The molecule has 2 nitrogen and oxygen atoms in total. The molecule has 2 heterocycles. The van der Waals surface area contributed by atoms with Gasteiger partial charge in [-0.05, 0) is 73.1 Å². The van der Waals surface area contributed by atoms with E-state index in [1.165, 1.54) is 49.0 Å². The highest BCUT2D eigenvalue weighted by molar-refractivity contribution is 6.27. The first-order chi connectivity index (χ1) is 22.8. The zero-order valence-electron chi connectivity index (χ0n) is 24.8. The topological polar surface area (TPSA) is 26.3 Å². The summed E-state index contributed by atoms with van der Waals surface area (Å²) in [6, 6.07) is 54.0. The number of furan rings is 2. The van der Waals surface area contributed by atoms with Crippen LogP contribution in [-0.4, -0.2) is 0 Å². The fourth-order valence-corrected chi connectivity index (χ4v) is 7.42. The maximum Gasteiger partial charge on any atom is 0.143 e. The van der Waals surface area contributed by atoms with Gasteiger partial charge in [0.1, 0.15) is 16.9 Å². The Balaban J connectivity index is 1.34. The van der Waals surface area contributed by atoms with Crippen LogP contribution in [0.25, 0.3) is 98.6 Å². The summed E-state index contributed by atoms with van der Waals surface area (Å²) < 4.78 is 13.0. The standard InChI is InChI=1S/C44H26O2/c1-2-12-27(13-3-1)40-25-38-37(23-30-16-6-7-17-31(30)44(38)46-40)42-32-18-8-10-20-34(32)43(35-21-11-9-19-33(35)42)39-26-45-41-24-29-15-5-4-14-28(29)22-36(39)41/h1-26H. The van der Waals surface area contributed by atoms with Crippen molar-refractivity contribution in [3.8, 4) is 33.6 Å². The Kier molecular flexibility index (Phi) is 5.31. The van der Waals surface area contributed by atoms with Gasteiger partial charge in [0, 0.05) is 32.8 Å². The van der Waals surface area contributed by atoms with Crippen LogP contribution in [0.2, 0.25) is 0 Å². The fraction of sp³-hybridized carbons (Fsp3) is 0. The molecule has 0 aliphatic rings. The molecule has 8 aromatic carbocycles. The zero-order valence-corrected chi connectivity index (χ0v) is 24.8. The summed E-state index contributed by atoms with van der Waals surface area (Å²) in [6.07, 6.45) is 1.94. The Morgan fingerprint density at radius 1 is 0.370 bits per heavy atom. The van der Waals surface area contributed by atoms with Crippen LogP contribution in [0.5, 0.6) is 0 Å². The van der Waals surface area contributed by atoms with E-state index in [2.05, 4.69) is 146 Å². The monoisotopic (exact) mass is 586 g/mol. The molecule has 10 aromatic rings. The van der Waals surface area contributed by atoms with E-state index in [-0.39, 0.29) is 0 Å². The summed E-state index contributed by atoms with van der Waals surface area (Å²) in [5, 5.41) is 11.7. The lowest BCUT2D eigenvalue weighted by Gasteiger charge is -2.18. The molecule has 0 spiro atoms. The largest absolute Gasteiger partial charge is 0.464 e. The van der Waals surface area contributed by atoms with E-state index in [0.717, 1.165) is 49.6 Å². The molecule has 0 amide bonds. The zero-order chi connectivity index (χ0) is 30.2. The van der Waals surface area contributed by atoms with Gasteiger partial charge in [-0.25, -0.2) is 0 Å². The van der Waals surface area contributed by atoms with Crippen molar-refractivity contribution >= 4 is 65.0 Å². The number of rotatable bonds is 3. The highest BCUT2D eigenvalue weighted by atomic mass is 16.3. The molecule has 46 heavy (non-hydrogen) atoms. The van der Waals surface area contributed by atoms with Crippen molar-refractivity contribution in [2.45, 2.75) is 0 Å². The predicted octanol–water partition coefficient (Wildman–Crippen LogP) is 12.8. The lowest BCUT2D eigenvalue weighted by molar-refractivity contribution is 0.617. The molecule has 0 N–H and O–H groups in total. The van der Waals surface area contributed by atoms with Crippen molar-refractivity contribution in [3.63, 3.8) is 0 Å². The maximum absolute atomic E-state index is 6.71. The van der Waals surface area contributed by atoms with E-state index in [1.54, 1.807) is 0 Å². The Morgan fingerprint density at radius 2 is 0.913 bits per heavy atom. The van der Waals surface area contributed by atoms with E-state index in [0.29, 0.717) is 0 Å². The highest BCUT2D eigenvalue weighted by Gasteiger charge is 2.22. The van der Waals surface area contributed by atoms with E-state index < -0.39 is 0 Å². The molecule has 0 radical (unpaired) electrons. The number of hydrogen-bond acceptors (Lipinski definition) is 2. The first-order valence-electron chi connectivity index (χ1n) is 15.7. The molecular formula is C44H26O2. The molecule has 214 valence electrons. The van der Waals surface area contributed by atoms with Gasteiger partial charge in [-0.1, -0.05) is 127 Å².